The Balaban J connectivity index is 1.90. The molecule has 172 valence electrons. The molecule has 2 aromatic heterocycles. The summed E-state index contributed by atoms with van der Waals surface area (Å²) in [5.41, 5.74) is 0.458. The van der Waals surface area contributed by atoms with Crippen LogP contribution in [0.5, 0.6) is 11.5 Å². The van der Waals surface area contributed by atoms with Crippen LogP contribution in [0.15, 0.2) is 54.6 Å². The minimum absolute atomic E-state index is 0.00839. The second kappa shape index (κ2) is 8.68. The van der Waals surface area contributed by atoms with E-state index in [0.717, 1.165) is 11.6 Å². The Bertz CT molecular complexity index is 1290. The molecule has 0 atom stereocenters. The molecule has 4 aromatic rings. The third-order valence-corrected chi connectivity index (χ3v) is 5.03. The molecule has 0 spiro atoms. The SMILES string of the molecule is COc1cc(-c2cc(C(F)(F)F)c3c(C)nn(Cc4ccccc4)c3n2)ccc1OC(F)F. The van der Waals surface area contributed by atoms with Crippen molar-refractivity contribution in [1.82, 2.24) is 14.8 Å². The van der Waals surface area contributed by atoms with E-state index in [1.807, 2.05) is 30.3 Å². The van der Waals surface area contributed by atoms with Gasteiger partial charge in [0.25, 0.3) is 0 Å². The van der Waals surface area contributed by atoms with Gasteiger partial charge in [-0.15, -0.1) is 0 Å². The molecule has 0 aliphatic carbocycles. The summed E-state index contributed by atoms with van der Waals surface area (Å²) < 4.78 is 78.1. The van der Waals surface area contributed by atoms with Crippen LogP contribution in [0.4, 0.5) is 22.0 Å². The zero-order valence-corrected chi connectivity index (χ0v) is 17.5. The van der Waals surface area contributed by atoms with E-state index in [0.29, 0.717) is 0 Å². The van der Waals surface area contributed by atoms with Crippen LogP contribution in [0.3, 0.4) is 0 Å². The summed E-state index contributed by atoms with van der Waals surface area (Å²) in [4.78, 5) is 4.46. The fourth-order valence-corrected chi connectivity index (χ4v) is 3.61. The fourth-order valence-electron chi connectivity index (χ4n) is 3.61. The molecule has 0 saturated heterocycles. The van der Waals surface area contributed by atoms with Crippen molar-refractivity contribution in [2.75, 3.05) is 7.11 Å². The highest BCUT2D eigenvalue weighted by Crippen LogP contribution is 2.39. The van der Waals surface area contributed by atoms with Gasteiger partial charge in [-0.25, -0.2) is 9.67 Å². The van der Waals surface area contributed by atoms with Crippen LogP contribution in [0.1, 0.15) is 16.8 Å². The van der Waals surface area contributed by atoms with Crippen molar-refractivity contribution in [3.8, 4) is 22.8 Å². The van der Waals surface area contributed by atoms with Crippen LogP contribution >= 0.6 is 0 Å². The normalized spacial score (nSPS) is 11.9. The van der Waals surface area contributed by atoms with Gasteiger partial charge in [-0.05, 0) is 36.8 Å². The van der Waals surface area contributed by atoms with Crippen molar-refractivity contribution >= 4 is 11.0 Å². The lowest BCUT2D eigenvalue weighted by Crippen LogP contribution is -2.09. The standard InChI is InChI=1S/C23H18F5N3O2/c1-13-20-16(23(26,27)28)11-17(15-8-9-18(33-22(24)25)19(10-15)32-2)29-21(20)31(30-13)12-14-6-4-3-5-7-14/h3-11,22H,12H2,1-2H3. The quantitative estimate of drug-likeness (QED) is 0.325. The molecule has 10 heteroatoms. The molecule has 0 radical (unpaired) electrons. The predicted molar refractivity (Wildman–Crippen MR) is 111 cm³/mol. The van der Waals surface area contributed by atoms with E-state index in [1.165, 1.54) is 36.9 Å². The zero-order valence-electron chi connectivity index (χ0n) is 17.5. The highest BCUT2D eigenvalue weighted by Gasteiger charge is 2.35. The molecule has 0 N–H and O–H groups in total. The van der Waals surface area contributed by atoms with Crippen molar-refractivity contribution in [1.29, 1.82) is 0 Å². The number of fused-ring (bicyclic) bond motifs is 1. The summed E-state index contributed by atoms with van der Waals surface area (Å²) in [5, 5.41) is 4.21. The highest BCUT2D eigenvalue weighted by atomic mass is 19.4. The van der Waals surface area contributed by atoms with Crippen LogP contribution in [-0.4, -0.2) is 28.5 Å². The molecular weight excluding hydrogens is 445 g/mol. The largest absolute Gasteiger partial charge is 0.493 e. The van der Waals surface area contributed by atoms with Gasteiger partial charge < -0.3 is 9.47 Å². The lowest BCUT2D eigenvalue weighted by Gasteiger charge is -2.14. The monoisotopic (exact) mass is 463 g/mol. The number of pyridine rings is 1. The van der Waals surface area contributed by atoms with Gasteiger partial charge in [0.15, 0.2) is 17.1 Å². The first kappa shape index (κ1) is 22.5. The summed E-state index contributed by atoms with van der Waals surface area (Å²) in [6.45, 7) is -1.35. The lowest BCUT2D eigenvalue weighted by atomic mass is 10.0. The summed E-state index contributed by atoms with van der Waals surface area (Å²) >= 11 is 0. The van der Waals surface area contributed by atoms with E-state index in [2.05, 4.69) is 14.8 Å². The van der Waals surface area contributed by atoms with Gasteiger partial charge >= 0.3 is 12.8 Å². The van der Waals surface area contributed by atoms with Crippen LogP contribution in [0.25, 0.3) is 22.3 Å². The Morgan fingerprint density at radius 1 is 1.00 bits per heavy atom. The Hall–Kier alpha value is -3.69. The van der Waals surface area contributed by atoms with Crippen LogP contribution in [0.2, 0.25) is 0 Å². The van der Waals surface area contributed by atoms with E-state index in [9.17, 15) is 22.0 Å². The minimum atomic E-state index is -4.66. The number of ether oxygens (including phenoxy) is 2. The molecule has 0 amide bonds. The Labute approximate surface area is 185 Å². The fraction of sp³-hybridized carbons (Fsp3) is 0.217. The van der Waals surface area contributed by atoms with Crippen molar-refractivity contribution in [2.45, 2.75) is 26.3 Å². The molecule has 2 heterocycles. The number of methoxy groups -OCH3 is 1. The number of rotatable bonds is 6. The van der Waals surface area contributed by atoms with Gasteiger partial charge in [0.2, 0.25) is 0 Å². The average molecular weight is 463 g/mol. The average Bonchev–Trinajstić information content (AvgIpc) is 3.08. The van der Waals surface area contributed by atoms with Crippen molar-refractivity contribution in [3.63, 3.8) is 0 Å². The van der Waals surface area contributed by atoms with Gasteiger partial charge in [-0.1, -0.05) is 30.3 Å². The second-order valence-electron chi connectivity index (χ2n) is 7.22. The van der Waals surface area contributed by atoms with Crippen molar-refractivity contribution in [2.24, 2.45) is 0 Å². The predicted octanol–water partition coefficient (Wildman–Crippen LogP) is 6.08. The number of benzene rings is 2. The first-order valence-electron chi connectivity index (χ1n) is 9.80. The van der Waals surface area contributed by atoms with Gasteiger partial charge in [0.1, 0.15) is 0 Å². The minimum Gasteiger partial charge on any atom is -0.493 e. The Morgan fingerprint density at radius 3 is 2.36 bits per heavy atom. The number of hydrogen-bond acceptors (Lipinski definition) is 4. The molecule has 0 bridgehead atoms. The molecule has 0 unspecified atom stereocenters. The Kier molecular flexibility index (Phi) is 5.92. The molecule has 2 aromatic carbocycles. The van der Waals surface area contributed by atoms with Crippen LogP contribution in [-0.2, 0) is 12.7 Å². The maximum atomic E-state index is 14.0. The number of alkyl halides is 5. The van der Waals surface area contributed by atoms with Crippen molar-refractivity contribution in [3.05, 3.63) is 71.4 Å². The van der Waals surface area contributed by atoms with Crippen LogP contribution < -0.4 is 9.47 Å². The maximum absolute atomic E-state index is 14.0. The third kappa shape index (κ3) is 4.59. The summed E-state index contributed by atoms with van der Waals surface area (Å²) in [6, 6.07) is 13.9. The number of aryl methyl sites for hydroxylation is 1. The van der Waals surface area contributed by atoms with E-state index in [-0.39, 0.29) is 46.0 Å². The molecule has 5 nitrogen and oxygen atoms in total. The molecule has 0 fully saturated rings. The number of nitrogens with zero attached hydrogens (tertiary/aromatic N) is 3. The highest BCUT2D eigenvalue weighted by molar-refractivity contribution is 5.86. The topological polar surface area (TPSA) is 49.2 Å². The lowest BCUT2D eigenvalue weighted by molar-refractivity contribution is -0.136. The molecular formula is C23H18F5N3O2. The van der Waals surface area contributed by atoms with Gasteiger partial charge in [-0.3, -0.25) is 0 Å². The van der Waals surface area contributed by atoms with E-state index in [4.69, 9.17) is 4.74 Å². The first-order valence-corrected chi connectivity index (χ1v) is 9.80. The van der Waals surface area contributed by atoms with Crippen molar-refractivity contribution < 1.29 is 31.4 Å². The summed E-state index contributed by atoms with van der Waals surface area (Å²) in [6.07, 6.45) is -4.66. The summed E-state index contributed by atoms with van der Waals surface area (Å²) in [7, 11) is 1.24. The molecule has 33 heavy (non-hydrogen) atoms. The zero-order chi connectivity index (χ0) is 23.8. The van der Waals surface area contributed by atoms with E-state index >= 15 is 0 Å². The summed E-state index contributed by atoms with van der Waals surface area (Å²) in [5.74, 6) is -0.296. The second-order valence-corrected chi connectivity index (χ2v) is 7.22. The molecule has 0 saturated carbocycles. The number of aromatic nitrogens is 3. The third-order valence-electron chi connectivity index (χ3n) is 5.03. The first-order chi connectivity index (χ1) is 15.7. The molecule has 4 rings (SSSR count). The van der Waals surface area contributed by atoms with Gasteiger partial charge in [0.05, 0.1) is 36.0 Å². The maximum Gasteiger partial charge on any atom is 0.417 e. The van der Waals surface area contributed by atoms with Gasteiger partial charge in [0, 0.05) is 5.56 Å². The number of halogens is 5. The van der Waals surface area contributed by atoms with Crippen LogP contribution in [0, 0.1) is 6.92 Å². The van der Waals surface area contributed by atoms with E-state index < -0.39 is 18.4 Å². The molecule has 0 aliphatic rings. The smallest absolute Gasteiger partial charge is 0.417 e. The van der Waals surface area contributed by atoms with Gasteiger partial charge in [-0.2, -0.15) is 27.1 Å². The number of hydrogen-bond donors (Lipinski definition) is 0. The van der Waals surface area contributed by atoms with E-state index in [1.54, 1.807) is 0 Å². The molecule has 0 aliphatic heterocycles. The Morgan fingerprint density at radius 2 is 1.73 bits per heavy atom.